The topological polar surface area (TPSA) is 79.8 Å². The number of thioether (sulfide) groups is 1. The second-order valence-corrected chi connectivity index (χ2v) is 7.92. The van der Waals surface area contributed by atoms with Crippen LogP contribution in [0.2, 0.25) is 0 Å². The Hall–Kier alpha value is -2.54. The highest BCUT2D eigenvalue weighted by Gasteiger charge is 2.17. The number of hydrogen-bond donors (Lipinski definition) is 2. The van der Waals surface area contributed by atoms with Crippen LogP contribution in [0.15, 0.2) is 34.2 Å². The van der Waals surface area contributed by atoms with Crippen molar-refractivity contribution in [3.05, 3.63) is 51.4 Å². The Morgan fingerprint density at radius 3 is 2.56 bits per heavy atom. The summed E-state index contributed by atoms with van der Waals surface area (Å²) in [6.07, 6.45) is 0. The Morgan fingerprint density at radius 1 is 1.26 bits per heavy atom. The van der Waals surface area contributed by atoms with Gasteiger partial charge in [-0.15, -0.1) is 0 Å². The first-order valence-electron chi connectivity index (χ1n) is 8.88. The molecule has 0 bridgehead atoms. The van der Waals surface area contributed by atoms with E-state index in [2.05, 4.69) is 15.3 Å². The van der Waals surface area contributed by atoms with Crippen LogP contribution in [0.5, 0.6) is 0 Å². The predicted molar refractivity (Wildman–Crippen MR) is 111 cm³/mol. The number of hydrogen-bond acceptors (Lipinski definition) is 4. The average molecular weight is 385 g/mol. The summed E-state index contributed by atoms with van der Waals surface area (Å²) in [6, 6.07) is 7.70. The Morgan fingerprint density at radius 2 is 1.93 bits per heavy atom. The van der Waals surface area contributed by atoms with Crippen molar-refractivity contribution in [2.24, 2.45) is 0 Å². The molecule has 0 saturated carbocycles. The molecule has 0 saturated heterocycles. The minimum atomic E-state index is -0.118. The van der Waals surface area contributed by atoms with Gasteiger partial charge in [-0.2, -0.15) is 0 Å². The number of anilines is 1. The zero-order valence-electron chi connectivity index (χ0n) is 16.2. The number of rotatable bonds is 5. The second kappa shape index (κ2) is 7.60. The number of para-hydroxylation sites is 1. The molecule has 2 heterocycles. The molecule has 27 heavy (non-hydrogen) atoms. The summed E-state index contributed by atoms with van der Waals surface area (Å²) >= 11 is 1.28. The molecule has 3 rings (SSSR count). The van der Waals surface area contributed by atoms with Gasteiger partial charge in [0, 0.05) is 17.4 Å². The van der Waals surface area contributed by atoms with Crippen LogP contribution in [0.3, 0.4) is 0 Å². The molecular weight excluding hydrogens is 360 g/mol. The lowest BCUT2D eigenvalue weighted by molar-refractivity contribution is -0.113. The van der Waals surface area contributed by atoms with Crippen molar-refractivity contribution in [3.63, 3.8) is 0 Å². The van der Waals surface area contributed by atoms with E-state index in [-0.39, 0.29) is 23.3 Å². The summed E-state index contributed by atoms with van der Waals surface area (Å²) in [4.78, 5) is 33.0. The van der Waals surface area contributed by atoms with Crippen LogP contribution in [0.4, 0.5) is 5.69 Å². The fourth-order valence-corrected chi connectivity index (χ4v) is 3.99. The lowest BCUT2D eigenvalue weighted by Crippen LogP contribution is -2.26. The quantitative estimate of drug-likeness (QED) is 0.515. The van der Waals surface area contributed by atoms with E-state index in [1.54, 1.807) is 4.57 Å². The number of nitrogens with one attached hydrogen (secondary N) is 2. The van der Waals surface area contributed by atoms with Crippen LogP contribution < -0.4 is 10.9 Å². The first-order valence-corrected chi connectivity index (χ1v) is 9.87. The van der Waals surface area contributed by atoms with E-state index in [9.17, 15) is 9.59 Å². The molecule has 0 aliphatic carbocycles. The molecule has 0 aliphatic rings. The third-order valence-electron chi connectivity index (χ3n) is 4.38. The van der Waals surface area contributed by atoms with Gasteiger partial charge >= 0.3 is 0 Å². The molecule has 0 aliphatic heterocycles. The fraction of sp³-hybridized carbons (Fsp3) is 0.350. The van der Waals surface area contributed by atoms with Crippen LogP contribution in [0, 0.1) is 20.8 Å². The van der Waals surface area contributed by atoms with Gasteiger partial charge in [-0.25, -0.2) is 4.98 Å². The molecule has 2 N–H and O–H groups in total. The highest BCUT2D eigenvalue weighted by molar-refractivity contribution is 7.99. The van der Waals surface area contributed by atoms with E-state index in [4.69, 9.17) is 0 Å². The summed E-state index contributed by atoms with van der Waals surface area (Å²) in [5.41, 5.74) is 4.80. The van der Waals surface area contributed by atoms with E-state index >= 15 is 0 Å². The summed E-state index contributed by atoms with van der Waals surface area (Å²) in [6.45, 7) is 9.70. The predicted octanol–water partition coefficient (Wildman–Crippen LogP) is 3.96. The lowest BCUT2D eigenvalue weighted by Gasteiger charge is -2.15. The Bertz CT molecular complexity index is 1050. The van der Waals surface area contributed by atoms with Gasteiger partial charge in [-0.05, 0) is 51.8 Å². The van der Waals surface area contributed by atoms with Gasteiger partial charge in [0.2, 0.25) is 5.91 Å². The maximum absolute atomic E-state index is 12.8. The van der Waals surface area contributed by atoms with Gasteiger partial charge in [0.1, 0.15) is 5.52 Å². The largest absolute Gasteiger partial charge is 0.353 e. The second-order valence-electron chi connectivity index (χ2n) is 6.98. The highest BCUT2D eigenvalue weighted by Crippen LogP contribution is 2.23. The average Bonchev–Trinajstić information content (AvgIpc) is 2.97. The van der Waals surface area contributed by atoms with Gasteiger partial charge < -0.3 is 10.3 Å². The number of fused-ring (bicyclic) bond motifs is 1. The third-order valence-corrected chi connectivity index (χ3v) is 5.33. The van der Waals surface area contributed by atoms with Crippen LogP contribution in [0.25, 0.3) is 11.0 Å². The first kappa shape index (κ1) is 19.2. The van der Waals surface area contributed by atoms with Crippen molar-refractivity contribution >= 4 is 34.4 Å². The number of aryl methyl sites for hydroxylation is 3. The zero-order chi connectivity index (χ0) is 19.7. The van der Waals surface area contributed by atoms with E-state index in [1.165, 1.54) is 11.8 Å². The molecule has 0 atom stereocenters. The molecule has 142 valence electrons. The number of benzene rings is 1. The Balaban J connectivity index is 1.85. The van der Waals surface area contributed by atoms with Crippen LogP contribution >= 0.6 is 11.8 Å². The van der Waals surface area contributed by atoms with Crippen molar-refractivity contribution < 1.29 is 4.79 Å². The van der Waals surface area contributed by atoms with Crippen molar-refractivity contribution in [1.82, 2.24) is 14.5 Å². The van der Waals surface area contributed by atoms with Crippen molar-refractivity contribution in [1.29, 1.82) is 0 Å². The van der Waals surface area contributed by atoms with Crippen LogP contribution in [0.1, 0.15) is 36.7 Å². The van der Waals surface area contributed by atoms with Crippen LogP contribution in [-0.2, 0) is 4.79 Å². The number of aromatic nitrogens is 3. The molecule has 0 spiro atoms. The van der Waals surface area contributed by atoms with Crippen molar-refractivity contribution in [2.75, 3.05) is 11.1 Å². The maximum Gasteiger partial charge on any atom is 0.278 e. The summed E-state index contributed by atoms with van der Waals surface area (Å²) in [7, 11) is 0. The molecule has 3 aromatic rings. The molecular formula is C20H24N4O2S. The molecule has 0 radical (unpaired) electrons. The molecule has 0 unspecified atom stereocenters. The molecule has 0 fully saturated rings. The maximum atomic E-state index is 12.8. The van der Waals surface area contributed by atoms with Gasteiger partial charge in [0.05, 0.1) is 11.3 Å². The molecule has 6 nitrogen and oxygen atoms in total. The highest BCUT2D eigenvalue weighted by atomic mass is 32.2. The van der Waals surface area contributed by atoms with Crippen molar-refractivity contribution in [3.8, 4) is 0 Å². The first-order chi connectivity index (χ1) is 12.8. The number of carbonyl (C=O) groups excluding carboxylic acids is 1. The smallest absolute Gasteiger partial charge is 0.278 e. The molecule has 2 aromatic heterocycles. The van der Waals surface area contributed by atoms with Crippen molar-refractivity contribution in [2.45, 2.75) is 45.8 Å². The van der Waals surface area contributed by atoms with E-state index in [0.29, 0.717) is 16.2 Å². The van der Waals surface area contributed by atoms with E-state index < -0.39 is 0 Å². The summed E-state index contributed by atoms with van der Waals surface area (Å²) in [5, 5.41) is 3.53. The Kier molecular flexibility index (Phi) is 5.41. The van der Waals surface area contributed by atoms with Gasteiger partial charge in [0.25, 0.3) is 5.56 Å². The molecule has 1 aromatic carbocycles. The number of carbonyl (C=O) groups is 1. The monoisotopic (exact) mass is 384 g/mol. The summed E-state index contributed by atoms with van der Waals surface area (Å²) < 4.78 is 1.63. The fourth-order valence-electron chi connectivity index (χ4n) is 3.06. The number of aromatic amines is 1. The zero-order valence-corrected chi connectivity index (χ0v) is 17.0. The van der Waals surface area contributed by atoms with Gasteiger partial charge in [-0.3, -0.25) is 14.2 Å². The van der Waals surface area contributed by atoms with Gasteiger partial charge in [-0.1, -0.05) is 30.0 Å². The Labute approximate surface area is 162 Å². The standard InChI is InChI=1S/C20H24N4O2S/c1-11(2)24-19(26)18-15(9-14(5)21-18)22-20(24)27-10-16(25)23-17-12(3)7-6-8-13(17)4/h6-9,11,21H,10H2,1-5H3,(H,23,25). The SMILES string of the molecule is Cc1cc2nc(SCC(=O)Nc3c(C)cccc3C)n(C(C)C)c(=O)c2[nH]1. The lowest BCUT2D eigenvalue weighted by atomic mass is 10.1. The molecule has 7 heteroatoms. The molecule has 1 amide bonds. The minimum Gasteiger partial charge on any atom is -0.353 e. The summed E-state index contributed by atoms with van der Waals surface area (Å²) in [5.74, 6) is 0.0641. The number of H-pyrrole nitrogens is 1. The number of nitrogens with zero attached hydrogens (tertiary/aromatic N) is 2. The third kappa shape index (κ3) is 3.93. The van der Waals surface area contributed by atoms with Crippen LogP contribution in [-0.4, -0.2) is 26.2 Å². The normalized spacial score (nSPS) is 11.3. The van der Waals surface area contributed by atoms with E-state index in [1.807, 2.05) is 58.9 Å². The van der Waals surface area contributed by atoms with Gasteiger partial charge in [0.15, 0.2) is 5.16 Å². The minimum absolute atomic E-state index is 0.0535. The van der Waals surface area contributed by atoms with E-state index in [0.717, 1.165) is 22.5 Å². The number of amides is 1.